The Morgan fingerprint density at radius 2 is 2.30 bits per heavy atom. The number of ether oxygens (including phenoxy) is 2. The number of hydrogen-bond acceptors (Lipinski definition) is 2. The zero-order valence-corrected chi connectivity index (χ0v) is 6.64. The molecule has 0 saturated carbocycles. The van der Waals surface area contributed by atoms with Gasteiger partial charge in [-0.2, -0.15) is 0 Å². The average molecular weight is 144 g/mol. The van der Waals surface area contributed by atoms with Gasteiger partial charge >= 0.3 is 0 Å². The van der Waals surface area contributed by atoms with E-state index in [4.69, 9.17) is 9.47 Å². The van der Waals surface area contributed by atoms with E-state index in [1.54, 1.807) is 7.11 Å². The van der Waals surface area contributed by atoms with Crippen molar-refractivity contribution in [3.8, 4) is 0 Å². The molecule has 0 N–H and O–H groups in total. The van der Waals surface area contributed by atoms with E-state index < -0.39 is 0 Å². The Balaban J connectivity index is 2.15. The molecule has 0 aromatic heterocycles. The first kappa shape index (κ1) is 8.02. The van der Waals surface area contributed by atoms with Crippen molar-refractivity contribution in [3.05, 3.63) is 0 Å². The summed E-state index contributed by atoms with van der Waals surface area (Å²) in [5, 5.41) is 0. The van der Waals surface area contributed by atoms with Crippen LogP contribution in [0.4, 0.5) is 0 Å². The Morgan fingerprint density at radius 3 is 3.10 bits per heavy atom. The summed E-state index contributed by atoms with van der Waals surface area (Å²) in [5.74, 6) is 0. The number of rotatable bonds is 2. The van der Waals surface area contributed by atoms with E-state index in [0.717, 1.165) is 13.2 Å². The lowest BCUT2D eigenvalue weighted by Crippen LogP contribution is -2.17. The van der Waals surface area contributed by atoms with Gasteiger partial charge in [-0.15, -0.1) is 0 Å². The first-order valence-corrected chi connectivity index (χ1v) is 4.04. The van der Waals surface area contributed by atoms with Crippen LogP contribution in [0.3, 0.4) is 0 Å². The van der Waals surface area contributed by atoms with Crippen LogP contribution in [0, 0.1) is 0 Å². The summed E-state index contributed by atoms with van der Waals surface area (Å²) in [7, 11) is 1.73. The van der Waals surface area contributed by atoms with Gasteiger partial charge in [-0.25, -0.2) is 0 Å². The summed E-state index contributed by atoms with van der Waals surface area (Å²) in [4.78, 5) is 0. The topological polar surface area (TPSA) is 18.5 Å². The lowest BCUT2D eigenvalue weighted by Gasteiger charge is -2.12. The molecule has 2 heteroatoms. The quantitative estimate of drug-likeness (QED) is 0.586. The minimum Gasteiger partial charge on any atom is -0.382 e. The van der Waals surface area contributed by atoms with Gasteiger partial charge in [-0.1, -0.05) is 12.8 Å². The Morgan fingerprint density at radius 1 is 1.40 bits per heavy atom. The summed E-state index contributed by atoms with van der Waals surface area (Å²) in [5.41, 5.74) is 0. The third-order valence-electron chi connectivity index (χ3n) is 1.88. The summed E-state index contributed by atoms with van der Waals surface area (Å²) in [6.45, 7) is 1.69. The van der Waals surface area contributed by atoms with Crippen molar-refractivity contribution in [1.82, 2.24) is 0 Å². The summed E-state index contributed by atoms with van der Waals surface area (Å²) in [6, 6.07) is 0. The highest BCUT2D eigenvalue weighted by atomic mass is 16.5. The molecular weight excluding hydrogens is 128 g/mol. The van der Waals surface area contributed by atoms with Crippen LogP contribution in [0.5, 0.6) is 0 Å². The van der Waals surface area contributed by atoms with Crippen LogP contribution >= 0.6 is 0 Å². The molecule has 2 nitrogen and oxygen atoms in total. The summed E-state index contributed by atoms with van der Waals surface area (Å²) < 4.78 is 10.5. The Bertz CT molecular complexity index is 75.3. The molecule has 0 aliphatic carbocycles. The second-order valence-electron chi connectivity index (χ2n) is 2.80. The van der Waals surface area contributed by atoms with Gasteiger partial charge in [0.25, 0.3) is 0 Å². The third kappa shape index (κ3) is 2.67. The molecule has 1 unspecified atom stereocenters. The second-order valence-corrected chi connectivity index (χ2v) is 2.80. The van der Waals surface area contributed by atoms with Gasteiger partial charge in [0.05, 0.1) is 12.7 Å². The lowest BCUT2D eigenvalue weighted by atomic mass is 10.1. The Kier molecular flexibility index (Phi) is 3.76. The molecule has 1 atom stereocenters. The van der Waals surface area contributed by atoms with Gasteiger partial charge in [-0.3, -0.25) is 0 Å². The van der Waals surface area contributed by atoms with Crippen molar-refractivity contribution in [1.29, 1.82) is 0 Å². The normalized spacial score (nSPS) is 27.9. The van der Waals surface area contributed by atoms with Crippen LogP contribution in [-0.4, -0.2) is 26.4 Å². The van der Waals surface area contributed by atoms with Crippen LogP contribution in [0.2, 0.25) is 0 Å². The number of hydrogen-bond donors (Lipinski definition) is 0. The smallest absolute Gasteiger partial charge is 0.0808 e. The molecule has 10 heavy (non-hydrogen) atoms. The Hall–Kier alpha value is -0.0800. The fraction of sp³-hybridized carbons (Fsp3) is 1.00. The number of methoxy groups -OCH3 is 1. The molecule has 1 fully saturated rings. The van der Waals surface area contributed by atoms with Gasteiger partial charge in [0.2, 0.25) is 0 Å². The molecule has 0 bridgehead atoms. The van der Waals surface area contributed by atoms with Crippen LogP contribution in [0.1, 0.15) is 25.7 Å². The van der Waals surface area contributed by atoms with Crippen LogP contribution in [0.15, 0.2) is 0 Å². The summed E-state index contributed by atoms with van der Waals surface area (Å²) in [6.07, 6.45) is 5.38. The van der Waals surface area contributed by atoms with Gasteiger partial charge < -0.3 is 9.47 Å². The highest BCUT2D eigenvalue weighted by Crippen LogP contribution is 2.12. The average Bonchev–Trinajstić information content (AvgIpc) is 2.17. The standard InChI is InChI=1S/C8H16O2/c1-9-7-8-5-3-2-4-6-10-8/h8H,2-7H2,1H3. The predicted molar refractivity (Wildman–Crippen MR) is 40.1 cm³/mol. The fourth-order valence-electron chi connectivity index (χ4n) is 1.30. The zero-order valence-electron chi connectivity index (χ0n) is 6.64. The van der Waals surface area contributed by atoms with Crippen molar-refractivity contribution < 1.29 is 9.47 Å². The largest absolute Gasteiger partial charge is 0.382 e. The first-order chi connectivity index (χ1) is 4.93. The van der Waals surface area contributed by atoms with E-state index in [1.165, 1.54) is 25.7 Å². The molecule has 1 aliphatic rings. The molecule has 1 heterocycles. The van der Waals surface area contributed by atoms with E-state index in [1.807, 2.05) is 0 Å². The van der Waals surface area contributed by atoms with Gasteiger partial charge in [-0.05, 0) is 12.8 Å². The predicted octanol–water partition coefficient (Wildman–Crippen LogP) is 1.59. The van der Waals surface area contributed by atoms with Gasteiger partial charge in [0.15, 0.2) is 0 Å². The molecule has 0 amide bonds. The molecule has 1 saturated heterocycles. The van der Waals surface area contributed by atoms with Gasteiger partial charge in [0, 0.05) is 13.7 Å². The second kappa shape index (κ2) is 4.69. The van der Waals surface area contributed by atoms with Crippen molar-refractivity contribution in [2.45, 2.75) is 31.8 Å². The first-order valence-electron chi connectivity index (χ1n) is 4.04. The monoisotopic (exact) mass is 144 g/mol. The Labute approximate surface area is 62.5 Å². The van der Waals surface area contributed by atoms with Crippen molar-refractivity contribution >= 4 is 0 Å². The van der Waals surface area contributed by atoms with E-state index in [9.17, 15) is 0 Å². The SMILES string of the molecule is COCC1CCCCCO1. The molecule has 0 aromatic carbocycles. The van der Waals surface area contributed by atoms with Crippen molar-refractivity contribution in [2.24, 2.45) is 0 Å². The molecule has 1 rings (SSSR count). The molecule has 0 aromatic rings. The van der Waals surface area contributed by atoms with E-state index >= 15 is 0 Å². The van der Waals surface area contributed by atoms with E-state index in [-0.39, 0.29) is 0 Å². The van der Waals surface area contributed by atoms with Crippen molar-refractivity contribution in [3.63, 3.8) is 0 Å². The lowest BCUT2D eigenvalue weighted by molar-refractivity contribution is 0.00191. The van der Waals surface area contributed by atoms with E-state index in [2.05, 4.69) is 0 Å². The zero-order chi connectivity index (χ0) is 7.23. The maximum atomic E-state index is 5.52. The fourth-order valence-corrected chi connectivity index (χ4v) is 1.30. The maximum Gasteiger partial charge on any atom is 0.0808 e. The van der Waals surface area contributed by atoms with Crippen LogP contribution in [-0.2, 0) is 9.47 Å². The van der Waals surface area contributed by atoms with Crippen LogP contribution < -0.4 is 0 Å². The molecule has 0 radical (unpaired) electrons. The highest BCUT2D eigenvalue weighted by molar-refractivity contribution is 4.60. The molecule has 0 spiro atoms. The molecule has 1 aliphatic heterocycles. The van der Waals surface area contributed by atoms with Crippen LogP contribution in [0.25, 0.3) is 0 Å². The maximum absolute atomic E-state index is 5.52. The minimum atomic E-state index is 0.368. The van der Waals surface area contributed by atoms with Crippen molar-refractivity contribution in [2.75, 3.05) is 20.3 Å². The van der Waals surface area contributed by atoms with E-state index in [0.29, 0.717) is 6.10 Å². The highest BCUT2D eigenvalue weighted by Gasteiger charge is 2.10. The van der Waals surface area contributed by atoms with Gasteiger partial charge in [0.1, 0.15) is 0 Å². The molecule has 60 valence electrons. The molecular formula is C8H16O2. The third-order valence-corrected chi connectivity index (χ3v) is 1.88. The minimum absolute atomic E-state index is 0.368. The summed E-state index contributed by atoms with van der Waals surface area (Å²) >= 11 is 0.